The van der Waals surface area contributed by atoms with Crippen LogP contribution in [0.15, 0.2) is 60.9 Å². The molecular weight excluding hydrogens is 345 g/mol. The molecule has 0 unspecified atom stereocenters. The predicted octanol–water partition coefficient (Wildman–Crippen LogP) is 7.93. The van der Waals surface area contributed by atoms with Crippen molar-refractivity contribution in [2.45, 2.75) is 63.7 Å². The third-order valence-electron chi connectivity index (χ3n) is 6.15. The maximum atomic E-state index is 11.9. The Hall–Kier alpha value is -2.40. The first kappa shape index (κ1) is 20.3. The SMILES string of the molecule is N#Cc1ccc(-c2ccc(C3CCC(CCCCCC=CF)CC3)cc2)cc1. The molecule has 1 nitrogen and oxygen atoms in total. The number of rotatable bonds is 8. The van der Waals surface area contributed by atoms with Gasteiger partial charge in [-0.2, -0.15) is 5.26 Å². The minimum atomic E-state index is 0.665. The molecule has 1 saturated carbocycles. The van der Waals surface area contributed by atoms with Gasteiger partial charge in [0, 0.05) is 0 Å². The molecule has 2 aromatic rings. The number of allylic oxidation sites excluding steroid dienone is 1. The summed E-state index contributed by atoms with van der Waals surface area (Å²) >= 11 is 0. The van der Waals surface area contributed by atoms with Crippen molar-refractivity contribution in [1.82, 2.24) is 0 Å². The lowest BCUT2D eigenvalue weighted by molar-refractivity contribution is 0.302. The van der Waals surface area contributed by atoms with Crippen molar-refractivity contribution in [2.75, 3.05) is 0 Å². The summed E-state index contributed by atoms with van der Waals surface area (Å²) in [4.78, 5) is 0. The monoisotopic (exact) mass is 375 g/mol. The molecule has 0 saturated heterocycles. The largest absolute Gasteiger partial charge is 0.216 e. The summed E-state index contributed by atoms with van der Waals surface area (Å²) in [6.45, 7) is 0. The normalized spacial score (nSPS) is 19.6. The lowest BCUT2D eigenvalue weighted by atomic mass is 9.77. The first-order chi connectivity index (χ1) is 13.8. The van der Waals surface area contributed by atoms with Gasteiger partial charge in [-0.25, -0.2) is 4.39 Å². The summed E-state index contributed by atoms with van der Waals surface area (Å²) < 4.78 is 11.9. The van der Waals surface area contributed by atoms with E-state index in [1.807, 2.05) is 24.3 Å². The number of nitrogens with zero attached hydrogens (tertiary/aromatic N) is 1. The van der Waals surface area contributed by atoms with Crippen LogP contribution in [0, 0.1) is 17.2 Å². The van der Waals surface area contributed by atoms with Gasteiger partial charge in [-0.05, 0) is 79.2 Å². The van der Waals surface area contributed by atoms with Gasteiger partial charge < -0.3 is 0 Å². The molecule has 0 atom stereocenters. The quantitative estimate of drug-likeness (QED) is 0.430. The molecule has 0 bridgehead atoms. The molecule has 1 aliphatic rings. The molecule has 2 aromatic carbocycles. The van der Waals surface area contributed by atoms with Crippen LogP contribution in [0.3, 0.4) is 0 Å². The van der Waals surface area contributed by atoms with Crippen LogP contribution in [-0.2, 0) is 0 Å². The molecular formula is C26H30FN. The van der Waals surface area contributed by atoms with Gasteiger partial charge in [0.05, 0.1) is 18.0 Å². The predicted molar refractivity (Wildman–Crippen MR) is 115 cm³/mol. The number of hydrogen-bond acceptors (Lipinski definition) is 1. The molecule has 3 rings (SSSR count). The molecule has 0 radical (unpaired) electrons. The van der Waals surface area contributed by atoms with E-state index in [2.05, 4.69) is 30.3 Å². The molecule has 28 heavy (non-hydrogen) atoms. The van der Waals surface area contributed by atoms with Gasteiger partial charge in [-0.3, -0.25) is 0 Å². The van der Waals surface area contributed by atoms with Crippen LogP contribution in [0.1, 0.15) is 74.8 Å². The molecule has 2 heteroatoms. The number of hydrogen-bond donors (Lipinski definition) is 0. The molecule has 1 aliphatic carbocycles. The highest BCUT2D eigenvalue weighted by Gasteiger charge is 2.22. The van der Waals surface area contributed by atoms with Crippen LogP contribution >= 0.6 is 0 Å². The Morgan fingerprint density at radius 3 is 2.11 bits per heavy atom. The minimum Gasteiger partial charge on any atom is -0.216 e. The number of unbranched alkanes of at least 4 members (excludes halogenated alkanes) is 3. The van der Waals surface area contributed by atoms with Crippen molar-refractivity contribution >= 4 is 0 Å². The Balaban J connectivity index is 1.45. The number of halogens is 1. The Morgan fingerprint density at radius 1 is 0.857 bits per heavy atom. The highest BCUT2D eigenvalue weighted by atomic mass is 19.1. The van der Waals surface area contributed by atoms with E-state index in [0.717, 1.165) is 24.3 Å². The van der Waals surface area contributed by atoms with E-state index in [9.17, 15) is 4.39 Å². The summed E-state index contributed by atoms with van der Waals surface area (Å²) in [6.07, 6.45) is 13.4. The van der Waals surface area contributed by atoms with Crippen LogP contribution in [-0.4, -0.2) is 0 Å². The van der Waals surface area contributed by atoms with Crippen molar-refractivity contribution < 1.29 is 4.39 Å². The number of benzene rings is 2. The average molecular weight is 376 g/mol. The molecule has 1 fully saturated rings. The van der Waals surface area contributed by atoms with Gasteiger partial charge in [-0.1, -0.05) is 61.7 Å². The minimum absolute atomic E-state index is 0.665. The molecule has 0 aromatic heterocycles. The van der Waals surface area contributed by atoms with E-state index in [-0.39, 0.29) is 0 Å². The van der Waals surface area contributed by atoms with Crippen LogP contribution in [0.2, 0.25) is 0 Å². The van der Waals surface area contributed by atoms with E-state index in [4.69, 9.17) is 5.26 Å². The Bertz CT molecular complexity index is 775. The summed E-state index contributed by atoms with van der Waals surface area (Å²) in [6, 6.07) is 19.0. The van der Waals surface area contributed by atoms with Crippen molar-refractivity contribution in [3.05, 3.63) is 72.1 Å². The second-order valence-corrected chi connectivity index (χ2v) is 8.03. The van der Waals surface area contributed by atoms with Crippen LogP contribution in [0.4, 0.5) is 4.39 Å². The molecule has 0 amide bonds. The van der Waals surface area contributed by atoms with E-state index >= 15 is 0 Å². The van der Waals surface area contributed by atoms with Crippen molar-refractivity contribution in [1.29, 1.82) is 5.26 Å². The Kier molecular flexibility index (Phi) is 7.85. The van der Waals surface area contributed by atoms with Crippen molar-refractivity contribution in [3.8, 4) is 17.2 Å². The summed E-state index contributed by atoms with van der Waals surface area (Å²) in [5, 5.41) is 8.92. The van der Waals surface area contributed by atoms with Crippen LogP contribution < -0.4 is 0 Å². The zero-order valence-electron chi connectivity index (χ0n) is 16.6. The highest BCUT2D eigenvalue weighted by Crippen LogP contribution is 2.38. The van der Waals surface area contributed by atoms with Gasteiger partial charge in [0.15, 0.2) is 0 Å². The maximum Gasteiger partial charge on any atom is 0.0991 e. The van der Waals surface area contributed by atoms with E-state index in [0.29, 0.717) is 17.8 Å². The first-order valence-corrected chi connectivity index (χ1v) is 10.7. The van der Waals surface area contributed by atoms with E-state index in [1.165, 1.54) is 56.1 Å². The van der Waals surface area contributed by atoms with Crippen molar-refractivity contribution in [2.24, 2.45) is 5.92 Å². The number of nitriles is 1. The maximum absolute atomic E-state index is 11.9. The lowest BCUT2D eigenvalue weighted by Crippen LogP contribution is -2.13. The smallest absolute Gasteiger partial charge is 0.0991 e. The zero-order chi connectivity index (χ0) is 19.6. The summed E-state index contributed by atoms with van der Waals surface area (Å²) in [5.74, 6) is 1.58. The lowest BCUT2D eigenvalue weighted by Gasteiger charge is -2.29. The average Bonchev–Trinajstić information content (AvgIpc) is 2.77. The first-order valence-electron chi connectivity index (χ1n) is 10.7. The molecule has 146 valence electrons. The highest BCUT2D eigenvalue weighted by molar-refractivity contribution is 5.64. The molecule has 0 N–H and O–H groups in total. The van der Waals surface area contributed by atoms with Gasteiger partial charge in [0.25, 0.3) is 0 Å². The molecule has 0 spiro atoms. The van der Waals surface area contributed by atoms with Gasteiger partial charge in [0.2, 0.25) is 0 Å². The van der Waals surface area contributed by atoms with E-state index in [1.54, 1.807) is 6.08 Å². The third kappa shape index (κ3) is 5.80. The van der Waals surface area contributed by atoms with Crippen LogP contribution in [0.5, 0.6) is 0 Å². The van der Waals surface area contributed by atoms with Crippen LogP contribution in [0.25, 0.3) is 11.1 Å². The third-order valence-corrected chi connectivity index (χ3v) is 6.15. The second kappa shape index (κ2) is 10.8. The molecule has 0 heterocycles. The fourth-order valence-electron chi connectivity index (χ4n) is 4.40. The summed E-state index contributed by atoms with van der Waals surface area (Å²) in [7, 11) is 0. The van der Waals surface area contributed by atoms with Crippen molar-refractivity contribution in [3.63, 3.8) is 0 Å². The fourth-order valence-corrected chi connectivity index (χ4v) is 4.40. The topological polar surface area (TPSA) is 23.8 Å². The Labute approximate surface area is 168 Å². The Morgan fingerprint density at radius 2 is 1.50 bits per heavy atom. The van der Waals surface area contributed by atoms with Gasteiger partial charge in [-0.15, -0.1) is 0 Å². The second-order valence-electron chi connectivity index (χ2n) is 8.03. The summed E-state index contributed by atoms with van der Waals surface area (Å²) in [5.41, 5.74) is 4.54. The fraction of sp³-hybridized carbons (Fsp3) is 0.423. The standard InChI is InChI=1S/C26H30FN/c27-19-5-3-1-2-4-6-21-7-11-23(12-8-21)25-15-17-26(18-16-25)24-13-9-22(20-28)10-14-24/h5,9-10,13-19,21,23H,1-4,6-8,11-12H2. The van der Waals surface area contributed by atoms with E-state index < -0.39 is 0 Å². The van der Waals surface area contributed by atoms with Gasteiger partial charge >= 0.3 is 0 Å². The van der Waals surface area contributed by atoms with Gasteiger partial charge in [0.1, 0.15) is 0 Å². The zero-order valence-corrected chi connectivity index (χ0v) is 16.6. The molecule has 0 aliphatic heterocycles.